The van der Waals surface area contributed by atoms with Crippen LogP contribution in [-0.2, 0) is 21.2 Å². The molecule has 1 saturated heterocycles. The third kappa shape index (κ3) is 2.26. The molecule has 0 aliphatic carbocycles. The summed E-state index contributed by atoms with van der Waals surface area (Å²) in [4.78, 5) is 10.9. The zero-order valence-corrected chi connectivity index (χ0v) is 10.9. The van der Waals surface area contributed by atoms with Crippen LogP contribution < -0.4 is 0 Å². The normalized spacial score (nSPS) is 17.4. The molecule has 2 rings (SSSR count). The third-order valence-electron chi connectivity index (χ3n) is 3.17. The molecule has 1 aromatic carbocycles. The van der Waals surface area contributed by atoms with Crippen molar-refractivity contribution in [2.45, 2.75) is 18.2 Å². The van der Waals surface area contributed by atoms with Gasteiger partial charge in [-0.2, -0.15) is 4.31 Å². The molecule has 0 aromatic heterocycles. The maximum absolute atomic E-state index is 12.1. The van der Waals surface area contributed by atoms with Gasteiger partial charge in [0.15, 0.2) is 0 Å². The van der Waals surface area contributed by atoms with Crippen molar-refractivity contribution in [2.24, 2.45) is 5.92 Å². The molecule has 1 heterocycles. The van der Waals surface area contributed by atoms with Crippen molar-refractivity contribution >= 4 is 16.0 Å². The minimum atomic E-state index is -3.52. The number of carboxylic acids is 1. The van der Waals surface area contributed by atoms with E-state index in [0.29, 0.717) is 0 Å². The SMILES string of the molecule is CCc1ccc(S(=O)(=O)N2CC(C(=O)O)C2)cc1. The lowest BCUT2D eigenvalue weighted by atomic mass is 10.0. The lowest BCUT2D eigenvalue weighted by Gasteiger charge is -2.35. The van der Waals surface area contributed by atoms with E-state index < -0.39 is 21.9 Å². The van der Waals surface area contributed by atoms with E-state index in [1.54, 1.807) is 24.3 Å². The number of benzene rings is 1. The summed E-state index contributed by atoms with van der Waals surface area (Å²) in [6.45, 7) is 2.12. The van der Waals surface area contributed by atoms with Gasteiger partial charge in [-0.05, 0) is 24.1 Å². The zero-order chi connectivity index (χ0) is 13.3. The molecule has 5 nitrogen and oxygen atoms in total. The Morgan fingerprint density at radius 3 is 2.33 bits per heavy atom. The predicted molar refractivity (Wildman–Crippen MR) is 65.7 cm³/mol. The molecule has 18 heavy (non-hydrogen) atoms. The van der Waals surface area contributed by atoms with E-state index in [1.165, 1.54) is 4.31 Å². The van der Waals surface area contributed by atoms with Crippen molar-refractivity contribution in [2.75, 3.05) is 13.1 Å². The van der Waals surface area contributed by atoms with Crippen molar-refractivity contribution in [1.82, 2.24) is 4.31 Å². The van der Waals surface area contributed by atoms with Crippen LogP contribution in [-0.4, -0.2) is 36.9 Å². The summed E-state index contributed by atoms with van der Waals surface area (Å²) in [7, 11) is -3.52. The van der Waals surface area contributed by atoms with Crippen LogP contribution in [0.5, 0.6) is 0 Å². The van der Waals surface area contributed by atoms with Crippen LogP contribution in [0.3, 0.4) is 0 Å². The van der Waals surface area contributed by atoms with Crippen LogP contribution in [0, 0.1) is 5.92 Å². The minimum absolute atomic E-state index is 0.0627. The average molecular weight is 269 g/mol. The second-order valence-electron chi connectivity index (χ2n) is 4.35. The number of carboxylic acid groups (broad SMARTS) is 1. The van der Waals surface area contributed by atoms with Gasteiger partial charge in [-0.1, -0.05) is 19.1 Å². The molecule has 1 aliphatic rings. The van der Waals surface area contributed by atoms with Gasteiger partial charge in [0.2, 0.25) is 10.0 Å². The van der Waals surface area contributed by atoms with E-state index in [0.717, 1.165) is 12.0 Å². The molecule has 0 saturated carbocycles. The fraction of sp³-hybridized carbons (Fsp3) is 0.417. The number of sulfonamides is 1. The second kappa shape index (κ2) is 4.70. The standard InChI is InChI=1S/C12H15NO4S/c1-2-9-3-5-11(6-4-9)18(16,17)13-7-10(8-13)12(14)15/h3-6,10H,2,7-8H2,1H3,(H,14,15). The summed E-state index contributed by atoms with van der Waals surface area (Å²) >= 11 is 0. The van der Waals surface area contributed by atoms with Gasteiger partial charge >= 0.3 is 5.97 Å². The van der Waals surface area contributed by atoms with Crippen LogP contribution in [0.15, 0.2) is 29.2 Å². The molecule has 6 heteroatoms. The maximum atomic E-state index is 12.1. The quantitative estimate of drug-likeness (QED) is 0.883. The minimum Gasteiger partial charge on any atom is -0.481 e. The van der Waals surface area contributed by atoms with Gasteiger partial charge in [0.25, 0.3) is 0 Å². The number of aryl methyl sites for hydroxylation is 1. The molecule has 0 amide bonds. The largest absolute Gasteiger partial charge is 0.481 e. The number of hydrogen-bond acceptors (Lipinski definition) is 3. The molecular formula is C12H15NO4S. The van der Waals surface area contributed by atoms with Crippen LogP contribution >= 0.6 is 0 Å². The van der Waals surface area contributed by atoms with Gasteiger partial charge in [-0.25, -0.2) is 8.42 Å². The monoisotopic (exact) mass is 269 g/mol. The van der Waals surface area contributed by atoms with Crippen LogP contribution in [0.1, 0.15) is 12.5 Å². The Morgan fingerprint density at radius 1 is 1.33 bits per heavy atom. The Balaban J connectivity index is 2.14. The summed E-state index contributed by atoms with van der Waals surface area (Å²) in [6.07, 6.45) is 0.852. The van der Waals surface area contributed by atoms with Gasteiger partial charge in [-0.3, -0.25) is 4.79 Å². The molecule has 1 fully saturated rings. The van der Waals surface area contributed by atoms with Crippen molar-refractivity contribution in [3.63, 3.8) is 0 Å². The lowest BCUT2D eigenvalue weighted by molar-refractivity contribution is -0.145. The first-order chi connectivity index (χ1) is 8.45. The van der Waals surface area contributed by atoms with E-state index in [9.17, 15) is 13.2 Å². The fourth-order valence-corrected chi connectivity index (χ4v) is 3.37. The molecule has 0 bridgehead atoms. The highest BCUT2D eigenvalue weighted by molar-refractivity contribution is 7.89. The van der Waals surface area contributed by atoms with E-state index >= 15 is 0 Å². The maximum Gasteiger partial charge on any atom is 0.309 e. The molecule has 1 N–H and O–H groups in total. The molecule has 0 atom stereocenters. The molecule has 0 spiro atoms. The Kier molecular flexibility index (Phi) is 3.41. The molecule has 1 aromatic rings. The van der Waals surface area contributed by atoms with Crippen LogP contribution in [0.4, 0.5) is 0 Å². The smallest absolute Gasteiger partial charge is 0.309 e. The van der Waals surface area contributed by atoms with E-state index in [-0.39, 0.29) is 18.0 Å². The van der Waals surface area contributed by atoms with Crippen molar-refractivity contribution in [3.8, 4) is 0 Å². The summed E-state index contributed by atoms with van der Waals surface area (Å²) in [5, 5.41) is 8.73. The van der Waals surface area contributed by atoms with E-state index in [2.05, 4.69) is 0 Å². The average Bonchev–Trinajstić information content (AvgIpc) is 2.26. The highest BCUT2D eigenvalue weighted by Gasteiger charge is 2.40. The Morgan fingerprint density at radius 2 is 1.89 bits per heavy atom. The Bertz CT molecular complexity index is 544. The van der Waals surface area contributed by atoms with Gasteiger partial charge < -0.3 is 5.11 Å². The first-order valence-electron chi connectivity index (χ1n) is 5.77. The number of hydrogen-bond donors (Lipinski definition) is 1. The van der Waals surface area contributed by atoms with E-state index in [1.807, 2.05) is 6.92 Å². The Labute approximate surface area is 106 Å². The van der Waals surface area contributed by atoms with Gasteiger partial charge in [0.05, 0.1) is 10.8 Å². The Hall–Kier alpha value is -1.40. The molecular weight excluding hydrogens is 254 g/mol. The van der Waals surface area contributed by atoms with Crippen molar-refractivity contribution in [3.05, 3.63) is 29.8 Å². The fourth-order valence-electron chi connectivity index (χ4n) is 1.84. The predicted octanol–water partition coefficient (Wildman–Crippen LogP) is 0.954. The summed E-state index contributed by atoms with van der Waals surface area (Å²) in [5.74, 6) is -1.52. The topological polar surface area (TPSA) is 74.7 Å². The number of nitrogens with zero attached hydrogens (tertiary/aromatic N) is 1. The summed E-state index contributed by atoms with van der Waals surface area (Å²) < 4.78 is 25.4. The van der Waals surface area contributed by atoms with Crippen molar-refractivity contribution in [1.29, 1.82) is 0 Å². The lowest BCUT2D eigenvalue weighted by Crippen LogP contribution is -2.52. The molecule has 98 valence electrons. The molecule has 0 unspecified atom stereocenters. The van der Waals surface area contributed by atoms with Gasteiger partial charge in [-0.15, -0.1) is 0 Å². The van der Waals surface area contributed by atoms with Gasteiger partial charge in [0, 0.05) is 13.1 Å². The van der Waals surface area contributed by atoms with Gasteiger partial charge in [0.1, 0.15) is 0 Å². The first-order valence-corrected chi connectivity index (χ1v) is 7.21. The highest BCUT2D eigenvalue weighted by Crippen LogP contribution is 2.25. The van der Waals surface area contributed by atoms with Crippen LogP contribution in [0.2, 0.25) is 0 Å². The number of carbonyl (C=O) groups is 1. The van der Waals surface area contributed by atoms with Crippen LogP contribution in [0.25, 0.3) is 0 Å². The molecule has 1 aliphatic heterocycles. The van der Waals surface area contributed by atoms with Crippen molar-refractivity contribution < 1.29 is 18.3 Å². The first kappa shape index (κ1) is 13.0. The van der Waals surface area contributed by atoms with E-state index in [4.69, 9.17) is 5.11 Å². The number of aliphatic carboxylic acids is 1. The third-order valence-corrected chi connectivity index (χ3v) is 5.01. The highest BCUT2D eigenvalue weighted by atomic mass is 32.2. The number of rotatable bonds is 4. The summed E-state index contributed by atoms with van der Waals surface area (Å²) in [6, 6.07) is 6.70. The summed E-state index contributed by atoms with van der Waals surface area (Å²) in [5.41, 5.74) is 1.07. The zero-order valence-electron chi connectivity index (χ0n) is 10.0. The molecule has 0 radical (unpaired) electrons. The second-order valence-corrected chi connectivity index (χ2v) is 6.29.